The largest absolute Gasteiger partial charge is 0.341 e. The van der Waals surface area contributed by atoms with Gasteiger partial charge in [0.1, 0.15) is 6.54 Å². The molecular formula is C16H16ClN3O2S. The molecule has 1 aliphatic rings. The normalized spacial score (nSPS) is 15.2. The molecule has 5 nitrogen and oxygen atoms in total. The van der Waals surface area contributed by atoms with E-state index in [1.807, 2.05) is 10.3 Å². The van der Waals surface area contributed by atoms with Crippen molar-refractivity contribution in [1.29, 1.82) is 0 Å². The zero-order chi connectivity index (χ0) is 16.2. The lowest BCUT2D eigenvalue weighted by Crippen LogP contribution is -2.33. The standard InChI is InChI=1S/C16H16ClN3O2S/c17-13-6-2-1-5-12(13)15(22)18-16-20(9-10-23-16)11-14(21)19-7-3-4-8-19/h1-2,5-6,9-10H,3-4,7-8,11H2. The molecule has 2 aromatic rings. The zero-order valence-corrected chi connectivity index (χ0v) is 14.0. The number of carbonyl (C=O) groups is 2. The third kappa shape index (κ3) is 3.71. The van der Waals surface area contributed by atoms with E-state index in [0.29, 0.717) is 15.4 Å². The molecule has 0 unspecified atom stereocenters. The second-order valence-corrected chi connectivity index (χ2v) is 6.58. The van der Waals surface area contributed by atoms with Crippen LogP contribution in [0.4, 0.5) is 0 Å². The highest BCUT2D eigenvalue weighted by atomic mass is 35.5. The maximum absolute atomic E-state index is 12.3. The number of hydrogen-bond donors (Lipinski definition) is 0. The monoisotopic (exact) mass is 349 g/mol. The van der Waals surface area contributed by atoms with Crippen molar-refractivity contribution in [3.8, 4) is 0 Å². The topological polar surface area (TPSA) is 54.7 Å². The molecule has 7 heteroatoms. The van der Waals surface area contributed by atoms with Gasteiger partial charge in [-0.3, -0.25) is 9.59 Å². The van der Waals surface area contributed by atoms with Crippen molar-refractivity contribution in [3.05, 3.63) is 51.2 Å². The highest BCUT2D eigenvalue weighted by Crippen LogP contribution is 2.15. The summed E-state index contributed by atoms with van der Waals surface area (Å²) in [5, 5.41) is 2.19. The SMILES string of the molecule is O=C(N=c1sccn1CC(=O)N1CCCC1)c1ccccc1Cl. The molecule has 1 fully saturated rings. The fourth-order valence-corrected chi connectivity index (χ4v) is 3.44. The summed E-state index contributed by atoms with van der Waals surface area (Å²) in [7, 11) is 0. The van der Waals surface area contributed by atoms with Gasteiger partial charge in [0.2, 0.25) is 5.91 Å². The van der Waals surface area contributed by atoms with Crippen LogP contribution in [0.15, 0.2) is 40.8 Å². The Bertz CT molecular complexity index is 790. The van der Waals surface area contributed by atoms with Crippen molar-refractivity contribution < 1.29 is 9.59 Å². The lowest BCUT2D eigenvalue weighted by Gasteiger charge is -2.15. The van der Waals surface area contributed by atoms with Crippen LogP contribution in [0, 0.1) is 0 Å². The number of thiazole rings is 1. The van der Waals surface area contributed by atoms with Crippen molar-refractivity contribution in [2.24, 2.45) is 4.99 Å². The smallest absolute Gasteiger partial charge is 0.281 e. The number of hydrogen-bond acceptors (Lipinski definition) is 3. The van der Waals surface area contributed by atoms with Crippen LogP contribution in [0.1, 0.15) is 23.2 Å². The first-order valence-electron chi connectivity index (χ1n) is 7.40. The predicted octanol–water partition coefficient (Wildman–Crippen LogP) is 2.57. The molecule has 1 aromatic carbocycles. The molecule has 1 saturated heterocycles. The average Bonchev–Trinajstić information content (AvgIpc) is 3.20. The second kappa shape index (κ2) is 7.10. The third-order valence-electron chi connectivity index (χ3n) is 3.73. The van der Waals surface area contributed by atoms with Crippen molar-refractivity contribution in [2.75, 3.05) is 13.1 Å². The Kier molecular flexibility index (Phi) is 4.93. The minimum atomic E-state index is -0.402. The highest BCUT2D eigenvalue weighted by Gasteiger charge is 2.18. The highest BCUT2D eigenvalue weighted by molar-refractivity contribution is 7.07. The van der Waals surface area contributed by atoms with Crippen LogP contribution in [-0.4, -0.2) is 34.4 Å². The van der Waals surface area contributed by atoms with Gasteiger partial charge in [-0.2, -0.15) is 4.99 Å². The molecule has 0 saturated carbocycles. The van der Waals surface area contributed by atoms with Crippen LogP contribution < -0.4 is 4.80 Å². The van der Waals surface area contributed by atoms with Gasteiger partial charge in [-0.15, -0.1) is 11.3 Å². The Morgan fingerprint density at radius 3 is 2.70 bits per heavy atom. The van der Waals surface area contributed by atoms with E-state index >= 15 is 0 Å². The average molecular weight is 350 g/mol. The van der Waals surface area contributed by atoms with E-state index < -0.39 is 5.91 Å². The minimum Gasteiger partial charge on any atom is -0.341 e. The zero-order valence-electron chi connectivity index (χ0n) is 12.4. The number of nitrogens with zero attached hydrogens (tertiary/aromatic N) is 3. The number of rotatable bonds is 3. The van der Waals surface area contributed by atoms with Crippen LogP contribution >= 0.6 is 22.9 Å². The van der Waals surface area contributed by atoms with Crippen molar-refractivity contribution in [2.45, 2.75) is 19.4 Å². The summed E-state index contributed by atoms with van der Waals surface area (Å²) < 4.78 is 1.71. The number of halogens is 1. The lowest BCUT2D eigenvalue weighted by atomic mass is 10.2. The number of benzene rings is 1. The Morgan fingerprint density at radius 2 is 1.96 bits per heavy atom. The molecule has 120 valence electrons. The van der Waals surface area contributed by atoms with E-state index in [1.165, 1.54) is 11.3 Å². The van der Waals surface area contributed by atoms with Crippen molar-refractivity contribution in [1.82, 2.24) is 9.47 Å². The van der Waals surface area contributed by atoms with Gasteiger partial charge in [-0.25, -0.2) is 0 Å². The number of likely N-dealkylation sites (tertiary alicyclic amines) is 1. The fraction of sp³-hybridized carbons (Fsp3) is 0.312. The Labute approximate surface area is 142 Å². The van der Waals surface area contributed by atoms with Gasteiger partial charge in [-0.1, -0.05) is 23.7 Å². The van der Waals surface area contributed by atoms with Gasteiger partial charge < -0.3 is 9.47 Å². The predicted molar refractivity (Wildman–Crippen MR) is 89.5 cm³/mol. The van der Waals surface area contributed by atoms with Crippen LogP contribution in [0.2, 0.25) is 5.02 Å². The summed E-state index contributed by atoms with van der Waals surface area (Å²) in [6.07, 6.45) is 3.89. The maximum atomic E-state index is 12.3. The van der Waals surface area contributed by atoms with E-state index in [-0.39, 0.29) is 12.5 Å². The van der Waals surface area contributed by atoms with Gasteiger partial charge in [0.15, 0.2) is 4.80 Å². The second-order valence-electron chi connectivity index (χ2n) is 5.30. The minimum absolute atomic E-state index is 0.0625. The van der Waals surface area contributed by atoms with E-state index in [0.717, 1.165) is 25.9 Å². The number of aromatic nitrogens is 1. The molecule has 1 aliphatic heterocycles. The van der Waals surface area contributed by atoms with Gasteiger partial charge in [0.25, 0.3) is 5.91 Å². The first-order valence-corrected chi connectivity index (χ1v) is 8.66. The summed E-state index contributed by atoms with van der Waals surface area (Å²) in [4.78, 5) is 31.0. The van der Waals surface area contributed by atoms with E-state index in [9.17, 15) is 9.59 Å². The Morgan fingerprint density at radius 1 is 1.22 bits per heavy atom. The molecule has 2 amide bonds. The first kappa shape index (κ1) is 16.0. The van der Waals surface area contributed by atoms with Gasteiger partial charge in [0.05, 0.1) is 10.6 Å². The van der Waals surface area contributed by atoms with Gasteiger partial charge in [0, 0.05) is 24.7 Å². The summed E-state index contributed by atoms with van der Waals surface area (Å²) >= 11 is 7.35. The third-order valence-corrected chi connectivity index (χ3v) is 4.85. The number of amides is 2. The molecule has 23 heavy (non-hydrogen) atoms. The molecule has 0 radical (unpaired) electrons. The van der Waals surface area contributed by atoms with E-state index in [4.69, 9.17) is 11.6 Å². The van der Waals surface area contributed by atoms with Crippen LogP contribution in [0.25, 0.3) is 0 Å². The summed E-state index contributed by atoms with van der Waals surface area (Å²) in [5.41, 5.74) is 0.361. The summed E-state index contributed by atoms with van der Waals surface area (Å²) in [6.45, 7) is 1.83. The quantitative estimate of drug-likeness (QED) is 0.855. The Balaban J connectivity index is 1.81. The fourth-order valence-electron chi connectivity index (χ4n) is 2.50. The lowest BCUT2D eigenvalue weighted by molar-refractivity contribution is -0.130. The first-order chi connectivity index (χ1) is 11.1. The molecule has 1 aromatic heterocycles. The number of carbonyl (C=O) groups excluding carboxylic acids is 2. The molecule has 0 atom stereocenters. The molecule has 3 rings (SSSR count). The molecule has 0 spiro atoms. The van der Waals surface area contributed by atoms with E-state index in [2.05, 4.69) is 4.99 Å². The van der Waals surface area contributed by atoms with Gasteiger partial charge in [-0.05, 0) is 25.0 Å². The van der Waals surface area contributed by atoms with Crippen molar-refractivity contribution >= 4 is 34.8 Å². The molecule has 2 heterocycles. The summed E-state index contributed by atoms with van der Waals surface area (Å²) in [5.74, 6) is -0.340. The van der Waals surface area contributed by atoms with E-state index in [1.54, 1.807) is 35.0 Å². The van der Waals surface area contributed by atoms with Gasteiger partial charge >= 0.3 is 0 Å². The molecule has 0 bridgehead atoms. The summed E-state index contributed by atoms with van der Waals surface area (Å²) in [6, 6.07) is 6.80. The molecule has 0 aliphatic carbocycles. The van der Waals surface area contributed by atoms with Crippen LogP contribution in [0.3, 0.4) is 0 Å². The van der Waals surface area contributed by atoms with Crippen LogP contribution in [-0.2, 0) is 11.3 Å². The Hall–Kier alpha value is -1.92. The molecule has 0 N–H and O–H groups in total. The molecular weight excluding hydrogens is 334 g/mol. The maximum Gasteiger partial charge on any atom is 0.281 e. The van der Waals surface area contributed by atoms with Crippen molar-refractivity contribution in [3.63, 3.8) is 0 Å². The van der Waals surface area contributed by atoms with Crippen LogP contribution in [0.5, 0.6) is 0 Å².